The van der Waals surface area contributed by atoms with Crippen LogP contribution in [0.4, 0.5) is 0 Å². The van der Waals surface area contributed by atoms with Gasteiger partial charge >= 0.3 is 0 Å². The number of Topliss-reactive ketones (excluding diaryl/α,β-unsaturated/α-hetero) is 1. The minimum absolute atomic E-state index is 0.00782. The van der Waals surface area contributed by atoms with Gasteiger partial charge in [0, 0.05) is 23.2 Å². The largest absolute Gasteiger partial charge is 0.505 e. The van der Waals surface area contributed by atoms with E-state index in [1.807, 2.05) is 19.9 Å². The Balaban J connectivity index is 1.48. The van der Waals surface area contributed by atoms with Gasteiger partial charge in [-0.25, -0.2) is 4.98 Å². The van der Waals surface area contributed by atoms with Crippen LogP contribution in [0.1, 0.15) is 98.2 Å². The van der Waals surface area contributed by atoms with Crippen molar-refractivity contribution >= 4 is 11.7 Å². The molecule has 2 saturated carbocycles. The second-order valence-corrected chi connectivity index (χ2v) is 15.1. The second kappa shape index (κ2) is 7.61. The van der Waals surface area contributed by atoms with Crippen LogP contribution in [0.3, 0.4) is 0 Å². The van der Waals surface area contributed by atoms with E-state index in [1.165, 1.54) is 11.1 Å². The first-order valence-corrected chi connectivity index (χ1v) is 14.5. The molecule has 0 unspecified atom stereocenters. The van der Waals surface area contributed by atoms with Crippen LogP contribution in [-0.2, 0) is 4.79 Å². The Morgan fingerprint density at radius 2 is 1.74 bits per heavy atom. The van der Waals surface area contributed by atoms with E-state index in [0.29, 0.717) is 0 Å². The third-order valence-electron chi connectivity index (χ3n) is 12.8. The number of hydrogen-bond acceptors (Lipinski definition) is 4. The van der Waals surface area contributed by atoms with Gasteiger partial charge < -0.3 is 5.11 Å². The molecule has 0 aromatic carbocycles. The molecule has 2 fully saturated rings. The SMILES string of the molecule is CC1(C)C(=O)C(O)=C[C@]2(C)[C@H]3C=CC4=C5C[C@@](C)(C(=O)n6ccnc6)CC[C@]5(C)CC[C@@]4(C)[C@]3(C)CC[C@@H]12. The molecule has 204 valence electrons. The number of aliphatic hydroxyl groups is 1. The molecule has 5 heteroatoms. The maximum atomic E-state index is 13.6. The highest BCUT2D eigenvalue weighted by Gasteiger charge is 2.66. The second-order valence-electron chi connectivity index (χ2n) is 15.1. The van der Waals surface area contributed by atoms with Gasteiger partial charge in [-0.3, -0.25) is 14.2 Å². The van der Waals surface area contributed by atoms with Crippen molar-refractivity contribution in [1.29, 1.82) is 0 Å². The van der Waals surface area contributed by atoms with Gasteiger partial charge in [0.2, 0.25) is 11.7 Å². The van der Waals surface area contributed by atoms with Crippen molar-refractivity contribution in [2.75, 3.05) is 0 Å². The molecule has 0 amide bonds. The lowest BCUT2D eigenvalue weighted by Gasteiger charge is -2.67. The number of aliphatic hydroxyl groups excluding tert-OH is 1. The number of allylic oxidation sites excluding steroid dienone is 6. The molecule has 5 nitrogen and oxygen atoms in total. The van der Waals surface area contributed by atoms with Gasteiger partial charge in [-0.2, -0.15) is 0 Å². The molecular weight excluding hydrogens is 472 g/mol. The summed E-state index contributed by atoms with van der Waals surface area (Å²) in [5, 5.41) is 10.8. The molecule has 5 aliphatic carbocycles. The number of aromatic nitrogens is 2. The monoisotopic (exact) mass is 516 g/mol. The molecule has 0 spiro atoms. The molecule has 0 aliphatic heterocycles. The molecule has 1 aromatic heterocycles. The van der Waals surface area contributed by atoms with Crippen molar-refractivity contribution in [3.05, 3.63) is 53.9 Å². The molecule has 1 aromatic rings. The normalized spacial score (nSPS) is 45.4. The summed E-state index contributed by atoms with van der Waals surface area (Å²) in [5.41, 5.74) is 1.71. The maximum Gasteiger partial charge on any atom is 0.238 e. The lowest BCUT2D eigenvalue weighted by molar-refractivity contribution is -0.148. The van der Waals surface area contributed by atoms with Crippen LogP contribution in [-0.4, -0.2) is 26.3 Å². The van der Waals surface area contributed by atoms with E-state index in [4.69, 9.17) is 0 Å². The van der Waals surface area contributed by atoms with E-state index < -0.39 is 10.8 Å². The first-order chi connectivity index (χ1) is 17.6. The van der Waals surface area contributed by atoms with Crippen LogP contribution in [0.25, 0.3) is 0 Å². The van der Waals surface area contributed by atoms with Crippen molar-refractivity contribution in [2.24, 2.45) is 44.3 Å². The summed E-state index contributed by atoms with van der Waals surface area (Å²) in [6.45, 7) is 15.8. The summed E-state index contributed by atoms with van der Waals surface area (Å²) in [4.78, 5) is 30.8. The number of nitrogens with zero attached hydrogens (tertiary/aromatic N) is 2. The van der Waals surface area contributed by atoms with E-state index in [0.717, 1.165) is 44.9 Å². The van der Waals surface area contributed by atoms with Gasteiger partial charge in [0.15, 0.2) is 5.76 Å². The van der Waals surface area contributed by atoms with Gasteiger partial charge in [0.05, 0.1) is 5.41 Å². The van der Waals surface area contributed by atoms with Crippen LogP contribution >= 0.6 is 0 Å². The predicted octanol–water partition coefficient (Wildman–Crippen LogP) is 7.48. The molecular formula is C33H44N2O3. The molecule has 0 radical (unpaired) electrons. The zero-order valence-electron chi connectivity index (χ0n) is 24.2. The average molecular weight is 517 g/mol. The van der Waals surface area contributed by atoms with Gasteiger partial charge in [0.25, 0.3) is 0 Å². The number of hydrogen-bond donors (Lipinski definition) is 1. The summed E-state index contributed by atoms with van der Waals surface area (Å²) in [6.07, 6.45) is 18.8. The van der Waals surface area contributed by atoms with E-state index in [1.54, 1.807) is 23.3 Å². The zero-order chi connectivity index (χ0) is 27.5. The van der Waals surface area contributed by atoms with Crippen molar-refractivity contribution in [3.8, 4) is 0 Å². The summed E-state index contributed by atoms with van der Waals surface area (Å²) < 4.78 is 1.66. The Morgan fingerprint density at radius 1 is 1.03 bits per heavy atom. The number of carbonyl (C=O) groups is 2. The van der Waals surface area contributed by atoms with Gasteiger partial charge in [-0.1, -0.05) is 66.2 Å². The average Bonchev–Trinajstić information content (AvgIpc) is 3.39. The minimum atomic E-state index is -0.577. The van der Waals surface area contributed by atoms with Crippen LogP contribution in [0.5, 0.6) is 0 Å². The minimum Gasteiger partial charge on any atom is -0.505 e. The molecule has 0 saturated heterocycles. The Labute approximate surface area is 227 Å². The highest BCUT2D eigenvalue weighted by molar-refractivity contribution is 5.98. The van der Waals surface area contributed by atoms with Crippen molar-refractivity contribution in [1.82, 2.24) is 9.55 Å². The number of fused-ring (bicyclic) bond motifs is 6. The lowest BCUT2D eigenvalue weighted by atomic mass is 9.36. The molecule has 1 N–H and O–H groups in total. The van der Waals surface area contributed by atoms with Crippen LogP contribution in [0.15, 0.2) is 53.9 Å². The maximum absolute atomic E-state index is 13.6. The van der Waals surface area contributed by atoms with Crippen LogP contribution in [0, 0.1) is 44.3 Å². The fourth-order valence-corrected chi connectivity index (χ4v) is 10.1. The number of imidazole rings is 1. The Kier molecular flexibility index (Phi) is 5.17. The highest BCUT2D eigenvalue weighted by atomic mass is 16.3. The van der Waals surface area contributed by atoms with E-state index >= 15 is 0 Å². The van der Waals surface area contributed by atoms with Gasteiger partial charge in [0.1, 0.15) is 6.33 Å². The van der Waals surface area contributed by atoms with Crippen molar-refractivity contribution in [2.45, 2.75) is 93.4 Å². The topological polar surface area (TPSA) is 72.2 Å². The van der Waals surface area contributed by atoms with Gasteiger partial charge in [-0.05, 0) is 84.7 Å². The van der Waals surface area contributed by atoms with E-state index in [-0.39, 0.29) is 50.9 Å². The fourth-order valence-electron chi connectivity index (χ4n) is 10.1. The van der Waals surface area contributed by atoms with Crippen molar-refractivity contribution < 1.29 is 14.7 Å². The highest BCUT2D eigenvalue weighted by Crippen LogP contribution is 2.73. The quantitative estimate of drug-likeness (QED) is 0.420. The Hall–Kier alpha value is -2.43. The van der Waals surface area contributed by atoms with Crippen LogP contribution < -0.4 is 0 Å². The fraction of sp³-hybridized carbons (Fsp3) is 0.667. The molecule has 0 bridgehead atoms. The zero-order valence-corrected chi connectivity index (χ0v) is 24.2. The third kappa shape index (κ3) is 3.02. The number of carbonyl (C=O) groups excluding carboxylic acids is 2. The first kappa shape index (κ1) is 25.8. The van der Waals surface area contributed by atoms with E-state index in [2.05, 4.69) is 51.8 Å². The molecule has 1 heterocycles. The van der Waals surface area contributed by atoms with Gasteiger partial charge in [-0.15, -0.1) is 0 Å². The van der Waals surface area contributed by atoms with Crippen molar-refractivity contribution in [3.63, 3.8) is 0 Å². The smallest absolute Gasteiger partial charge is 0.238 e. The summed E-state index contributed by atoms with van der Waals surface area (Å²) >= 11 is 0. The molecule has 5 aliphatic rings. The summed E-state index contributed by atoms with van der Waals surface area (Å²) in [5.74, 6) is 0.389. The van der Waals surface area contributed by atoms with E-state index in [9.17, 15) is 14.7 Å². The number of ketones is 1. The first-order valence-electron chi connectivity index (χ1n) is 14.5. The summed E-state index contributed by atoms with van der Waals surface area (Å²) in [7, 11) is 0. The standard InChI is InChI=1S/C33H44N2O3/c1-28(2)24-10-11-33(7)25(31(24,5)19-23(36)26(28)37)9-8-21-22-18-30(4,27(38)35-17-16-34-20-35)13-12-29(22,3)14-15-32(21,33)6/h8-9,16-17,19-20,24-25,36H,10-15,18H2,1-7H3/t24-,25+,29+,30-,31-,32+,33+/m0/s1. The Bertz CT molecular complexity index is 1320. The third-order valence-corrected chi connectivity index (χ3v) is 12.8. The van der Waals surface area contributed by atoms with Crippen LogP contribution in [0.2, 0.25) is 0 Å². The number of rotatable bonds is 1. The predicted molar refractivity (Wildman–Crippen MR) is 148 cm³/mol. The molecule has 7 atom stereocenters. The Morgan fingerprint density at radius 3 is 2.42 bits per heavy atom. The molecule has 38 heavy (non-hydrogen) atoms. The molecule has 6 rings (SSSR count). The summed E-state index contributed by atoms with van der Waals surface area (Å²) in [6, 6.07) is 0. The lowest BCUT2D eigenvalue weighted by Crippen LogP contribution is -2.61.